The van der Waals surface area contributed by atoms with Gasteiger partial charge in [0.1, 0.15) is 0 Å². The van der Waals surface area contributed by atoms with Crippen molar-refractivity contribution in [2.45, 2.75) is 40.7 Å². The maximum Gasteiger partial charge on any atom is 0.0772 e. The summed E-state index contributed by atoms with van der Waals surface area (Å²) in [5.41, 5.74) is 2.16. The molecule has 0 saturated heterocycles. The number of aliphatic hydroxyl groups is 1. The van der Waals surface area contributed by atoms with Crippen molar-refractivity contribution in [1.82, 2.24) is 0 Å². The first-order valence-electron chi connectivity index (χ1n) is 7.03. The molecule has 2 nitrogen and oxygen atoms in total. The average Bonchev–Trinajstić information content (AvgIpc) is 2.26. The van der Waals surface area contributed by atoms with Gasteiger partial charge in [-0.1, -0.05) is 49.7 Å². The molecule has 0 spiro atoms. The van der Waals surface area contributed by atoms with Gasteiger partial charge in [-0.15, -0.1) is 0 Å². The summed E-state index contributed by atoms with van der Waals surface area (Å²) < 4.78 is 0.984. The molecule has 3 heteroatoms. The fourth-order valence-electron chi connectivity index (χ4n) is 2.22. The van der Waals surface area contributed by atoms with Crippen molar-refractivity contribution >= 4 is 21.6 Å². The third-order valence-electron chi connectivity index (χ3n) is 2.97. The molecule has 1 atom stereocenters. The van der Waals surface area contributed by atoms with E-state index in [0.717, 1.165) is 23.1 Å². The lowest BCUT2D eigenvalue weighted by atomic mass is 10.1. The van der Waals surface area contributed by atoms with Crippen molar-refractivity contribution < 1.29 is 5.11 Å². The Kier molecular flexibility index (Phi) is 6.34. The SMILES string of the molecule is CC(C)CN(CC(C)C)c1ccc([C@@H](C)O)c(Br)c1. The van der Waals surface area contributed by atoms with Crippen LogP contribution in [0.15, 0.2) is 22.7 Å². The minimum Gasteiger partial charge on any atom is -0.389 e. The molecule has 19 heavy (non-hydrogen) atoms. The molecule has 0 aromatic heterocycles. The molecule has 0 aliphatic carbocycles. The van der Waals surface area contributed by atoms with Gasteiger partial charge in [0.05, 0.1) is 6.10 Å². The van der Waals surface area contributed by atoms with Crippen LogP contribution in [0, 0.1) is 11.8 Å². The van der Waals surface area contributed by atoms with Crippen LogP contribution in [0.25, 0.3) is 0 Å². The topological polar surface area (TPSA) is 23.5 Å². The number of rotatable bonds is 6. The summed E-state index contributed by atoms with van der Waals surface area (Å²) >= 11 is 3.56. The van der Waals surface area contributed by atoms with Gasteiger partial charge in [0, 0.05) is 23.2 Å². The van der Waals surface area contributed by atoms with Crippen molar-refractivity contribution in [1.29, 1.82) is 0 Å². The van der Waals surface area contributed by atoms with Crippen molar-refractivity contribution in [3.05, 3.63) is 28.2 Å². The molecule has 0 fully saturated rings. The molecule has 0 aliphatic heterocycles. The fourth-order valence-corrected chi connectivity index (χ4v) is 2.92. The Balaban J connectivity index is 2.98. The molecular formula is C16H26BrNO. The second-order valence-electron chi connectivity index (χ2n) is 6.07. The Morgan fingerprint density at radius 3 is 1.95 bits per heavy atom. The molecular weight excluding hydrogens is 302 g/mol. The highest BCUT2D eigenvalue weighted by Gasteiger charge is 2.13. The number of anilines is 1. The highest BCUT2D eigenvalue weighted by Crippen LogP contribution is 2.29. The summed E-state index contributed by atoms with van der Waals surface area (Å²) in [6.07, 6.45) is -0.438. The van der Waals surface area contributed by atoms with Gasteiger partial charge in [-0.3, -0.25) is 0 Å². The van der Waals surface area contributed by atoms with E-state index in [1.807, 2.05) is 6.07 Å². The predicted octanol–water partition coefficient (Wildman–Crippen LogP) is 4.62. The molecule has 1 aromatic carbocycles. The Morgan fingerprint density at radius 1 is 1.05 bits per heavy atom. The van der Waals surface area contributed by atoms with Gasteiger partial charge < -0.3 is 10.0 Å². The van der Waals surface area contributed by atoms with Crippen molar-refractivity contribution in [2.75, 3.05) is 18.0 Å². The lowest BCUT2D eigenvalue weighted by Gasteiger charge is -2.29. The number of aliphatic hydroxyl groups excluding tert-OH is 1. The van der Waals surface area contributed by atoms with Gasteiger partial charge in [0.25, 0.3) is 0 Å². The first kappa shape index (κ1) is 16.5. The average molecular weight is 328 g/mol. The van der Waals surface area contributed by atoms with Crippen LogP contribution in [0.2, 0.25) is 0 Å². The van der Waals surface area contributed by atoms with Crippen LogP contribution < -0.4 is 4.90 Å². The summed E-state index contributed by atoms with van der Waals surface area (Å²) in [5.74, 6) is 1.27. The molecule has 1 rings (SSSR count). The maximum atomic E-state index is 9.68. The van der Waals surface area contributed by atoms with Crippen LogP contribution >= 0.6 is 15.9 Å². The van der Waals surface area contributed by atoms with Gasteiger partial charge >= 0.3 is 0 Å². The Bertz CT molecular complexity index is 392. The maximum absolute atomic E-state index is 9.68. The van der Waals surface area contributed by atoms with Crippen LogP contribution in [-0.2, 0) is 0 Å². The Hall–Kier alpha value is -0.540. The number of hydrogen-bond donors (Lipinski definition) is 1. The summed E-state index contributed by atoms with van der Waals surface area (Å²) in [6, 6.07) is 6.24. The second kappa shape index (κ2) is 7.30. The quantitative estimate of drug-likeness (QED) is 0.823. The zero-order chi connectivity index (χ0) is 14.6. The summed E-state index contributed by atoms with van der Waals surface area (Å²) in [6.45, 7) is 12.9. The predicted molar refractivity (Wildman–Crippen MR) is 86.7 cm³/mol. The van der Waals surface area contributed by atoms with E-state index in [1.165, 1.54) is 5.69 Å². The largest absolute Gasteiger partial charge is 0.389 e. The first-order chi connectivity index (χ1) is 8.81. The van der Waals surface area contributed by atoms with Gasteiger partial charge in [0.15, 0.2) is 0 Å². The monoisotopic (exact) mass is 327 g/mol. The van der Waals surface area contributed by atoms with Gasteiger partial charge in [-0.25, -0.2) is 0 Å². The minimum absolute atomic E-state index is 0.438. The van der Waals surface area contributed by atoms with Crippen LogP contribution in [0.5, 0.6) is 0 Å². The molecule has 0 aliphatic rings. The molecule has 0 unspecified atom stereocenters. The second-order valence-corrected chi connectivity index (χ2v) is 6.93. The van der Waals surface area contributed by atoms with Crippen LogP contribution in [0.4, 0.5) is 5.69 Å². The van der Waals surface area contributed by atoms with Gasteiger partial charge in [-0.2, -0.15) is 0 Å². The van der Waals surface area contributed by atoms with Crippen molar-refractivity contribution in [3.63, 3.8) is 0 Å². The standard InChI is InChI=1S/C16H26BrNO/c1-11(2)9-18(10-12(3)4)14-6-7-15(13(5)19)16(17)8-14/h6-8,11-13,19H,9-10H2,1-5H3/t13-/m1/s1. The molecule has 0 radical (unpaired) electrons. The highest BCUT2D eigenvalue weighted by atomic mass is 79.9. The van der Waals surface area contributed by atoms with Gasteiger partial charge in [-0.05, 0) is 36.5 Å². The van der Waals surface area contributed by atoms with Crippen LogP contribution in [0.3, 0.4) is 0 Å². The van der Waals surface area contributed by atoms with Crippen molar-refractivity contribution in [3.8, 4) is 0 Å². The molecule has 0 heterocycles. The minimum atomic E-state index is -0.438. The van der Waals surface area contributed by atoms with E-state index in [0.29, 0.717) is 11.8 Å². The van der Waals surface area contributed by atoms with Crippen molar-refractivity contribution in [2.24, 2.45) is 11.8 Å². The number of halogens is 1. The number of hydrogen-bond acceptors (Lipinski definition) is 2. The number of nitrogens with zero attached hydrogens (tertiary/aromatic N) is 1. The highest BCUT2D eigenvalue weighted by molar-refractivity contribution is 9.10. The molecule has 1 aromatic rings. The molecule has 1 N–H and O–H groups in total. The Morgan fingerprint density at radius 2 is 1.58 bits per heavy atom. The molecule has 0 bridgehead atoms. The van der Waals surface area contributed by atoms with E-state index in [1.54, 1.807) is 6.92 Å². The summed E-state index contributed by atoms with van der Waals surface area (Å²) in [7, 11) is 0. The van der Waals surface area contributed by atoms with Gasteiger partial charge in [0.2, 0.25) is 0 Å². The van der Waals surface area contributed by atoms with E-state index in [4.69, 9.17) is 0 Å². The summed E-state index contributed by atoms with van der Waals surface area (Å²) in [5, 5.41) is 9.68. The van der Waals surface area contributed by atoms with Crippen LogP contribution in [-0.4, -0.2) is 18.2 Å². The lowest BCUT2D eigenvalue weighted by Crippen LogP contribution is -2.31. The first-order valence-corrected chi connectivity index (χ1v) is 7.83. The zero-order valence-corrected chi connectivity index (χ0v) is 14.2. The van der Waals surface area contributed by atoms with E-state index < -0.39 is 6.10 Å². The van der Waals surface area contributed by atoms with Crippen LogP contribution in [0.1, 0.15) is 46.3 Å². The Labute approximate surface area is 126 Å². The fraction of sp³-hybridized carbons (Fsp3) is 0.625. The summed E-state index contributed by atoms with van der Waals surface area (Å²) in [4.78, 5) is 2.42. The molecule has 108 valence electrons. The third-order valence-corrected chi connectivity index (χ3v) is 3.66. The van der Waals surface area contributed by atoms with E-state index in [2.05, 4.69) is 60.7 Å². The van der Waals surface area contributed by atoms with E-state index in [-0.39, 0.29) is 0 Å². The van der Waals surface area contributed by atoms with E-state index in [9.17, 15) is 5.11 Å². The molecule has 0 saturated carbocycles. The number of benzene rings is 1. The zero-order valence-electron chi connectivity index (χ0n) is 12.7. The normalized spacial score (nSPS) is 13.1. The van der Waals surface area contributed by atoms with E-state index >= 15 is 0 Å². The third kappa shape index (κ3) is 5.15. The lowest BCUT2D eigenvalue weighted by molar-refractivity contribution is 0.198. The smallest absolute Gasteiger partial charge is 0.0772 e. The molecule has 0 amide bonds.